The Morgan fingerprint density at radius 3 is 2.19 bits per heavy atom. The summed E-state index contributed by atoms with van der Waals surface area (Å²) in [6, 6.07) is 9.37. The van der Waals surface area contributed by atoms with Crippen molar-refractivity contribution in [3.8, 4) is 5.75 Å². The van der Waals surface area contributed by atoms with Crippen molar-refractivity contribution >= 4 is 29.1 Å². The second-order valence-electron chi connectivity index (χ2n) is 5.77. The number of ether oxygens (including phenoxy) is 1. The molecule has 1 aromatic carbocycles. The van der Waals surface area contributed by atoms with Crippen LogP contribution in [0, 0.1) is 10.1 Å². The number of carbonyl (C=O) groups excluding carboxylic acids is 2. The maximum absolute atomic E-state index is 12.4. The molecule has 2 aromatic heterocycles. The van der Waals surface area contributed by atoms with E-state index in [1.807, 2.05) is 0 Å². The predicted molar refractivity (Wildman–Crippen MR) is 108 cm³/mol. The molecule has 0 aliphatic rings. The number of hydrazine groups is 2. The topological polar surface area (TPSA) is 173 Å². The molecular weight excluding hydrogens is 408 g/mol. The molecule has 31 heavy (non-hydrogen) atoms. The highest BCUT2D eigenvalue weighted by Gasteiger charge is 2.24. The number of nitro groups is 1. The number of aromatic nitrogens is 3. The van der Waals surface area contributed by atoms with Crippen LogP contribution in [0.4, 0.5) is 17.3 Å². The molecule has 158 valence electrons. The van der Waals surface area contributed by atoms with Crippen molar-refractivity contribution in [2.24, 2.45) is 0 Å². The first-order valence-electron chi connectivity index (χ1n) is 8.66. The standard InChI is InChI=1S/C18H16N8O5/c1-31-13-5-3-2-4-12(13)18(28)25-23-16-14(26(29)30)15(20-10-21-16)22-24-17(27)11-6-8-19-9-7-11/h2-10H,1H3,(H,24,27)(H,25,28)(H2,20,21,22,23). The van der Waals surface area contributed by atoms with E-state index >= 15 is 0 Å². The van der Waals surface area contributed by atoms with Gasteiger partial charge >= 0.3 is 5.69 Å². The van der Waals surface area contributed by atoms with E-state index in [4.69, 9.17) is 4.74 Å². The van der Waals surface area contributed by atoms with Gasteiger partial charge in [-0.2, -0.15) is 0 Å². The van der Waals surface area contributed by atoms with Crippen LogP contribution in [0.15, 0.2) is 55.1 Å². The summed E-state index contributed by atoms with van der Waals surface area (Å²) >= 11 is 0. The van der Waals surface area contributed by atoms with Crippen LogP contribution >= 0.6 is 0 Å². The molecular formula is C18H16N8O5. The number of benzene rings is 1. The number of hydrogen-bond donors (Lipinski definition) is 4. The second-order valence-corrected chi connectivity index (χ2v) is 5.77. The van der Waals surface area contributed by atoms with Gasteiger partial charge in [-0.1, -0.05) is 12.1 Å². The molecule has 3 rings (SSSR count). The lowest BCUT2D eigenvalue weighted by molar-refractivity contribution is -0.383. The van der Waals surface area contributed by atoms with E-state index < -0.39 is 22.4 Å². The summed E-state index contributed by atoms with van der Waals surface area (Å²) in [5.74, 6) is -1.44. The molecule has 0 spiro atoms. The number of nitrogens with zero attached hydrogens (tertiary/aromatic N) is 4. The van der Waals surface area contributed by atoms with E-state index in [9.17, 15) is 19.7 Å². The summed E-state index contributed by atoms with van der Waals surface area (Å²) in [6.45, 7) is 0. The Bertz CT molecular complexity index is 1110. The van der Waals surface area contributed by atoms with E-state index in [1.54, 1.807) is 18.2 Å². The zero-order valence-corrected chi connectivity index (χ0v) is 16.0. The Hall–Kier alpha value is -4.81. The Kier molecular flexibility index (Phi) is 6.47. The first-order valence-corrected chi connectivity index (χ1v) is 8.66. The van der Waals surface area contributed by atoms with E-state index in [0.29, 0.717) is 5.75 Å². The molecule has 0 fully saturated rings. The van der Waals surface area contributed by atoms with Gasteiger partial charge in [-0.05, 0) is 24.3 Å². The minimum absolute atomic E-state index is 0.206. The summed E-state index contributed by atoms with van der Waals surface area (Å²) in [5, 5.41) is 11.6. The number of carbonyl (C=O) groups is 2. The number of methoxy groups -OCH3 is 1. The molecule has 13 heteroatoms. The van der Waals surface area contributed by atoms with Crippen LogP contribution < -0.4 is 26.4 Å². The van der Waals surface area contributed by atoms with E-state index in [0.717, 1.165) is 6.33 Å². The summed E-state index contributed by atoms with van der Waals surface area (Å²) in [4.78, 5) is 46.7. The second kappa shape index (κ2) is 9.60. The van der Waals surface area contributed by atoms with Gasteiger partial charge in [-0.3, -0.25) is 46.4 Å². The third-order valence-electron chi connectivity index (χ3n) is 3.89. The Morgan fingerprint density at radius 2 is 1.58 bits per heavy atom. The SMILES string of the molecule is COc1ccccc1C(=O)NNc1ncnc(NNC(=O)c2ccncc2)c1[N+](=O)[O-]. The molecule has 0 bridgehead atoms. The van der Waals surface area contributed by atoms with Crippen LogP contribution in [0.25, 0.3) is 0 Å². The van der Waals surface area contributed by atoms with Crippen molar-refractivity contribution < 1.29 is 19.2 Å². The molecule has 2 amide bonds. The molecule has 13 nitrogen and oxygen atoms in total. The van der Waals surface area contributed by atoms with Crippen molar-refractivity contribution in [1.29, 1.82) is 0 Å². The fraction of sp³-hybridized carbons (Fsp3) is 0.0556. The highest BCUT2D eigenvalue weighted by atomic mass is 16.6. The van der Waals surface area contributed by atoms with Gasteiger partial charge in [-0.25, -0.2) is 9.97 Å². The molecule has 0 unspecified atom stereocenters. The summed E-state index contributed by atoms with van der Waals surface area (Å²) < 4.78 is 5.11. The lowest BCUT2D eigenvalue weighted by atomic mass is 10.2. The number of amides is 2. The number of rotatable bonds is 8. The highest BCUT2D eigenvalue weighted by molar-refractivity contribution is 5.98. The molecule has 0 aliphatic heterocycles. The van der Waals surface area contributed by atoms with Gasteiger partial charge < -0.3 is 4.74 Å². The largest absolute Gasteiger partial charge is 0.496 e. The van der Waals surface area contributed by atoms with Crippen molar-refractivity contribution in [1.82, 2.24) is 25.8 Å². The Morgan fingerprint density at radius 1 is 0.968 bits per heavy atom. The maximum atomic E-state index is 12.4. The van der Waals surface area contributed by atoms with Gasteiger partial charge in [0.25, 0.3) is 11.8 Å². The quantitative estimate of drug-likeness (QED) is 0.305. The lowest BCUT2D eigenvalue weighted by Crippen LogP contribution is -2.32. The molecule has 4 N–H and O–H groups in total. The number of anilines is 2. The van der Waals surface area contributed by atoms with Gasteiger partial charge in [-0.15, -0.1) is 0 Å². The van der Waals surface area contributed by atoms with E-state index in [1.165, 1.54) is 37.7 Å². The molecule has 0 saturated heterocycles. The molecule has 0 radical (unpaired) electrons. The zero-order chi connectivity index (χ0) is 22.2. The minimum Gasteiger partial charge on any atom is -0.496 e. The molecule has 2 heterocycles. The average molecular weight is 424 g/mol. The third-order valence-corrected chi connectivity index (χ3v) is 3.89. The van der Waals surface area contributed by atoms with Crippen molar-refractivity contribution in [3.63, 3.8) is 0 Å². The number of hydrogen-bond acceptors (Lipinski definition) is 10. The monoisotopic (exact) mass is 424 g/mol. The first kappa shape index (κ1) is 20.9. The van der Waals surface area contributed by atoms with Crippen molar-refractivity contribution in [2.45, 2.75) is 0 Å². The van der Waals surface area contributed by atoms with Crippen LogP contribution in [0.3, 0.4) is 0 Å². The predicted octanol–water partition coefficient (Wildman–Crippen LogP) is 1.30. The first-order chi connectivity index (χ1) is 15.0. The van der Waals surface area contributed by atoms with Crippen LogP contribution in [0.5, 0.6) is 5.75 Å². The molecule has 0 atom stereocenters. The highest BCUT2D eigenvalue weighted by Crippen LogP contribution is 2.28. The van der Waals surface area contributed by atoms with Gasteiger partial charge in [0.2, 0.25) is 11.6 Å². The summed E-state index contributed by atoms with van der Waals surface area (Å²) in [5.41, 5.74) is 9.28. The van der Waals surface area contributed by atoms with Crippen LogP contribution in [0.1, 0.15) is 20.7 Å². The Balaban J connectivity index is 1.75. The third kappa shape index (κ3) is 4.97. The van der Waals surface area contributed by atoms with E-state index in [-0.39, 0.29) is 22.8 Å². The minimum atomic E-state index is -0.765. The Labute approximate surface area is 175 Å². The van der Waals surface area contributed by atoms with Crippen LogP contribution in [-0.4, -0.2) is 38.8 Å². The maximum Gasteiger partial charge on any atom is 0.356 e. The fourth-order valence-corrected chi connectivity index (χ4v) is 2.44. The van der Waals surface area contributed by atoms with E-state index in [2.05, 4.69) is 36.7 Å². The van der Waals surface area contributed by atoms with Crippen LogP contribution in [0.2, 0.25) is 0 Å². The van der Waals surface area contributed by atoms with Gasteiger partial charge in [0, 0.05) is 18.0 Å². The molecule has 0 saturated carbocycles. The van der Waals surface area contributed by atoms with Crippen molar-refractivity contribution in [3.05, 3.63) is 76.4 Å². The summed E-state index contributed by atoms with van der Waals surface area (Å²) in [6.07, 6.45) is 3.87. The number of nitrogens with one attached hydrogen (secondary N) is 4. The smallest absolute Gasteiger partial charge is 0.356 e. The fourth-order valence-electron chi connectivity index (χ4n) is 2.44. The molecule has 3 aromatic rings. The normalized spacial score (nSPS) is 9.97. The zero-order valence-electron chi connectivity index (χ0n) is 16.0. The average Bonchev–Trinajstić information content (AvgIpc) is 2.81. The van der Waals surface area contributed by atoms with Gasteiger partial charge in [0.15, 0.2) is 0 Å². The number of para-hydroxylation sites is 1. The lowest BCUT2D eigenvalue weighted by Gasteiger charge is -2.12. The summed E-state index contributed by atoms with van der Waals surface area (Å²) in [7, 11) is 1.41. The van der Waals surface area contributed by atoms with Gasteiger partial charge in [0.1, 0.15) is 12.1 Å². The van der Waals surface area contributed by atoms with Crippen molar-refractivity contribution in [2.75, 3.05) is 18.0 Å². The number of pyridine rings is 1. The molecule has 0 aliphatic carbocycles. The van der Waals surface area contributed by atoms with Crippen LogP contribution in [-0.2, 0) is 0 Å². The van der Waals surface area contributed by atoms with Gasteiger partial charge in [0.05, 0.1) is 17.6 Å².